The molecule has 0 atom stereocenters. The molecule has 1 aliphatic carbocycles. The molecule has 2 aliphatic rings. The van der Waals surface area contributed by atoms with Gasteiger partial charge in [0.25, 0.3) is 5.91 Å². The van der Waals surface area contributed by atoms with Crippen molar-refractivity contribution in [1.29, 1.82) is 0 Å². The molecule has 5 heteroatoms. The van der Waals surface area contributed by atoms with Crippen LogP contribution in [0.25, 0.3) is 0 Å². The summed E-state index contributed by atoms with van der Waals surface area (Å²) >= 11 is 0. The normalized spacial score (nSPS) is 22.6. The van der Waals surface area contributed by atoms with Crippen LogP contribution in [0.15, 0.2) is 18.3 Å². The number of nitrogens with one attached hydrogen (secondary N) is 2. The first-order valence-electron chi connectivity index (χ1n) is 7.49. The van der Waals surface area contributed by atoms with Crippen LogP contribution in [0.2, 0.25) is 0 Å². The molecule has 0 spiro atoms. The minimum Gasteiger partial charge on any atom is -0.357 e. The van der Waals surface area contributed by atoms with Gasteiger partial charge in [-0.25, -0.2) is 0 Å². The summed E-state index contributed by atoms with van der Waals surface area (Å²) in [6, 6.07) is 3.67. The van der Waals surface area contributed by atoms with Gasteiger partial charge < -0.3 is 20.1 Å². The number of aromatic nitrogens is 1. The molecule has 2 heterocycles. The zero-order valence-electron chi connectivity index (χ0n) is 12.2. The van der Waals surface area contributed by atoms with Crippen LogP contribution in [0.5, 0.6) is 0 Å². The van der Waals surface area contributed by atoms with Gasteiger partial charge in [0.1, 0.15) is 5.69 Å². The van der Waals surface area contributed by atoms with Crippen molar-refractivity contribution >= 4 is 5.91 Å². The molecule has 1 aliphatic heterocycles. The van der Waals surface area contributed by atoms with Crippen LogP contribution >= 0.6 is 0 Å². The summed E-state index contributed by atoms with van der Waals surface area (Å²) < 4.78 is 0. The second-order valence-electron chi connectivity index (χ2n) is 6.35. The van der Waals surface area contributed by atoms with Gasteiger partial charge in [-0.2, -0.15) is 0 Å². The standard InChI is InChI=1S/C15H24N4O/c1-18-7-9-19(10-8-18)12-15(4-5-15)11-17-14(20)13-3-2-6-16-13/h2-3,6,16H,4-5,7-12H2,1H3,(H,17,20). The Hall–Kier alpha value is -1.33. The number of carbonyl (C=O) groups excluding carboxylic acids is 1. The monoisotopic (exact) mass is 276 g/mol. The number of amides is 1. The molecular formula is C15H24N4O. The highest BCUT2D eigenvalue weighted by Gasteiger charge is 2.44. The number of likely N-dealkylation sites (N-methyl/N-ethyl adjacent to an activating group) is 1. The van der Waals surface area contributed by atoms with E-state index in [4.69, 9.17) is 0 Å². The van der Waals surface area contributed by atoms with Gasteiger partial charge in [-0.05, 0) is 32.0 Å². The fraction of sp³-hybridized carbons (Fsp3) is 0.667. The Morgan fingerprint density at radius 2 is 2.10 bits per heavy atom. The third-order valence-electron chi connectivity index (χ3n) is 4.58. The highest BCUT2D eigenvalue weighted by molar-refractivity contribution is 5.92. The lowest BCUT2D eigenvalue weighted by Crippen LogP contribution is -2.47. The number of aromatic amines is 1. The highest BCUT2D eigenvalue weighted by atomic mass is 16.1. The molecule has 0 radical (unpaired) electrons. The van der Waals surface area contributed by atoms with E-state index in [0.717, 1.165) is 39.3 Å². The Morgan fingerprint density at radius 1 is 1.35 bits per heavy atom. The largest absolute Gasteiger partial charge is 0.357 e. The lowest BCUT2D eigenvalue weighted by atomic mass is 10.1. The van der Waals surface area contributed by atoms with E-state index < -0.39 is 0 Å². The van der Waals surface area contributed by atoms with Gasteiger partial charge in [0.05, 0.1) is 0 Å². The van der Waals surface area contributed by atoms with Crippen LogP contribution in [0.1, 0.15) is 23.3 Å². The van der Waals surface area contributed by atoms with Gasteiger partial charge in [-0.3, -0.25) is 4.79 Å². The van der Waals surface area contributed by atoms with Crippen molar-refractivity contribution in [1.82, 2.24) is 20.1 Å². The van der Waals surface area contributed by atoms with Crippen molar-refractivity contribution in [3.63, 3.8) is 0 Å². The van der Waals surface area contributed by atoms with Crippen molar-refractivity contribution in [3.8, 4) is 0 Å². The lowest BCUT2D eigenvalue weighted by Gasteiger charge is -2.34. The predicted octanol–water partition coefficient (Wildman–Crippen LogP) is 0.772. The molecule has 1 amide bonds. The summed E-state index contributed by atoms with van der Waals surface area (Å²) in [4.78, 5) is 19.8. The van der Waals surface area contributed by atoms with Crippen LogP contribution < -0.4 is 5.32 Å². The number of hydrogen-bond acceptors (Lipinski definition) is 3. The summed E-state index contributed by atoms with van der Waals surface area (Å²) in [5.41, 5.74) is 0.985. The molecule has 1 saturated carbocycles. The molecule has 1 aromatic rings. The van der Waals surface area contributed by atoms with Crippen molar-refractivity contribution in [2.24, 2.45) is 5.41 Å². The minimum atomic E-state index is 0.0136. The summed E-state index contributed by atoms with van der Waals surface area (Å²) in [6.07, 6.45) is 4.26. The molecule has 0 aromatic carbocycles. The van der Waals surface area contributed by atoms with Gasteiger partial charge in [-0.15, -0.1) is 0 Å². The van der Waals surface area contributed by atoms with E-state index in [1.165, 1.54) is 12.8 Å². The number of rotatable bonds is 5. The topological polar surface area (TPSA) is 51.4 Å². The first-order chi connectivity index (χ1) is 9.67. The fourth-order valence-corrected chi connectivity index (χ4v) is 2.88. The molecule has 3 rings (SSSR count). The Balaban J connectivity index is 1.46. The molecule has 1 aromatic heterocycles. The van der Waals surface area contributed by atoms with Crippen LogP contribution in [0, 0.1) is 5.41 Å². The third kappa shape index (κ3) is 3.22. The fourth-order valence-electron chi connectivity index (χ4n) is 2.88. The molecule has 0 bridgehead atoms. The molecule has 2 N–H and O–H groups in total. The predicted molar refractivity (Wildman–Crippen MR) is 78.7 cm³/mol. The average Bonchev–Trinajstić information content (AvgIpc) is 3.00. The molecular weight excluding hydrogens is 252 g/mol. The Morgan fingerprint density at radius 3 is 2.70 bits per heavy atom. The van der Waals surface area contributed by atoms with E-state index in [1.54, 1.807) is 6.20 Å². The highest BCUT2D eigenvalue weighted by Crippen LogP contribution is 2.45. The van der Waals surface area contributed by atoms with Crippen molar-refractivity contribution in [2.75, 3.05) is 46.3 Å². The van der Waals surface area contributed by atoms with E-state index in [2.05, 4.69) is 27.1 Å². The molecule has 110 valence electrons. The average molecular weight is 276 g/mol. The van der Waals surface area contributed by atoms with Gasteiger partial charge in [0, 0.05) is 50.9 Å². The number of H-pyrrole nitrogens is 1. The molecule has 0 unspecified atom stereocenters. The molecule has 20 heavy (non-hydrogen) atoms. The molecule has 2 fully saturated rings. The van der Waals surface area contributed by atoms with Gasteiger partial charge in [0.2, 0.25) is 0 Å². The van der Waals surface area contributed by atoms with Crippen LogP contribution in [0.3, 0.4) is 0 Å². The minimum absolute atomic E-state index is 0.0136. The number of hydrogen-bond donors (Lipinski definition) is 2. The Kier molecular flexibility index (Phi) is 3.81. The Labute approximate surface area is 120 Å². The van der Waals surface area contributed by atoms with Crippen LogP contribution in [-0.4, -0.2) is 67.0 Å². The zero-order chi connectivity index (χ0) is 14.0. The Bertz CT molecular complexity index is 444. The summed E-state index contributed by atoms with van der Waals surface area (Å²) in [5.74, 6) is 0.0136. The molecule has 5 nitrogen and oxygen atoms in total. The maximum absolute atomic E-state index is 12.0. The number of nitrogens with zero attached hydrogens (tertiary/aromatic N) is 2. The molecule has 1 saturated heterocycles. The second-order valence-corrected chi connectivity index (χ2v) is 6.35. The SMILES string of the molecule is CN1CCN(CC2(CNC(=O)c3ccc[nH]3)CC2)CC1. The third-order valence-corrected chi connectivity index (χ3v) is 4.58. The number of carbonyl (C=O) groups is 1. The summed E-state index contributed by atoms with van der Waals surface area (Å²) in [6.45, 7) is 6.56. The first-order valence-corrected chi connectivity index (χ1v) is 7.49. The second kappa shape index (κ2) is 5.58. The van der Waals surface area contributed by atoms with E-state index in [0.29, 0.717) is 11.1 Å². The van der Waals surface area contributed by atoms with Gasteiger partial charge in [-0.1, -0.05) is 0 Å². The van der Waals surface area contributed by atoms with Crippen molar-refractivity contribution in [2.45, 2.75) is 12.8 Å². The summed E-state index contributed by atoms with van der Waals surface area (Å²) in [5, 5.41) is 3.08. The summed E-state index contributed by atoms with van der Waals surface area (Å²) in [7, 11) is 2.18. The number of piperazine rings is 1. The van der Waals surface area contributed by atoms with E-state index >= 15 is 0 Å². The van der Waals surface area contributed by atoms with Crippen LogP contribution in [-0.2, 0) is 0 Å². The maximum Gasteiger partial charge on any atom is 0.267 e. The van der Waals surface area contributed by atoms with E-state index in [9.17, 15) is 4.79 Å². The quantitative estimate of drug-likeness (QED) is 0.835. The van der Waals surface area contributed by atoms with Crippen molar-refractivity contribution in [3.05, 3.63) is 24.0 Å². The smallest absolute Gasteiger partial charge is 0.267 e. The maximum atomic E-state index is 12.0. The van der Waals surface area contributed by atoms with Gasteiger partial charge >= 0.3 is 0 Å². The van der Waals surface area contributed by atoms with E-state index in [1.807, 2.05) is 12.1 Å². The zero-order valence-corrected chi connectivity index (χ0v) is 12.2. The van der Waals surface area contributed by atoms with Gasteiger partial charge in [0.15, 0.2) is 0 Å². The van der Waals surface area contributed by atoms with Crippen LogP contribution in [0.4, 0.5) is 0 Å². The van der Waals surface area contributed by atoms with Crippen molar-refractivity contribution < 1.29 is 4.79 Å². The first kappa shape index (κ1) is 13.6. The lowest BCUT2D eigenvalue weighted by molar-refractivity contribution is 0.0922. The van der Waals surface area contributed by atoms with E-state index in [-0.39, 0.29) is 5.91 Å².